The second-order valence-corrected chi connectivity index (χ2v) is 8.68. The summed E-state index contributed by atoms with van der Waals surface area (Å²) in [6, 6.07) is 5.96. The fraction of sp³-hybridized carbons (Fsp3) is 0.474. The molecule has 0 radical (unpaired) electrons. The minimum absolute atomic E-state index is 0.0731. The fourth-order valence-corrected chi connectivity index (χ4v) is 3.74. The van der Waals surface area contributed by atoms with Crippen LogP contribution in [0.15, 0.2) is 24.3 Å². The number of halogens is 1. The molecule has 1 aromatic heterocycles. The number of benzene rings is 1. The van der Waals surface area contributed by atoms with Crippen LogP contribution in [0.25, 0.3) is 0 Å². The van der Waals surface area contributed by atoms with Crippen LogP contribution in [0.2, 0.25) is 0 Å². The first-order valence-corrected chi connectivity index (χ1v) is 9.76. The third kappa shape index (κ3) is 4.50. The summed E-state index contributed by atoms with van der Waals surface area (Å²) in [7, 11) is 0. The zero-order chi connectivity index (χ0) is 19.6. The average Bonchev–Trinajstić information content (AvgIpc) is 3.10. The van der Waals surface area contributed by atoms with Gasteiger partial charge >= 0.3 is 0 Å². The van der Waals surface area contributed by atoms with Crippen molar-refractivity contribution < 1.29 is 14.0 Å². The molecule has 0 bridgehead atoms. The summed E-state index contributed by atoms with van der Waals surface area (Å²) in [6.45, 7) is 6.98. The van der Waals surface area contributed by atoms with Crippen molar-refractivity contribution in [3.05, 3.63) is 40.7 Å². The lowest BCUT2D eigenvalue weighted by Crippen LogP contribution is -2.41. The number of rotatable bonds is 3. The first-order valence-electron chi connectivity index (χ1n) is 8.94. The summed E-state index contributed by atoms with van der Waals surface area (Å²) in [5, 5.41) is 12.4. The van der Waals surface area contributed by atoms with Crippen LogP contribution < -0.4 is 5.32 Å². The topological polar surface area (TPSA) is 75.2 Å². The van der Waals surface area contributed by atoms with E-state index >= 15 is 0 Å². The van der Waals surface area contributed by atoms with Crippen molar-refractivity contribution >= 4 is 28.3 Å². The molecule has 0 saturated carbocycles. The maximum absolute atomic E-state index is 13.8. The summed E-state index contributed by atoms with van der Waals surface area (Å²) in [6.07, 6.45) is 1.08. The minimum atomic E-state index is -0.520. The number of nitrogens with zero attached hydrogens (tertiary/aromatic N) is 3. The number of anilines is 1. The van der Waals surface area contributed by atoms with E-state index in [4.69, 9.17) is 0 Å². The first-order chi connectivity index (χ1) is 12.8. The smallest absolute Gasteiger partial charge is 0.256 e. The van der Waals surface area contributed by atoms with Gasteiger partial charge in [0, 0.05) is 24.4 Å². The Morgan fingerprint density at radius 1 is 1.19 bits per heavy atom. The van der Waals surface area contributed by atoms with E-state index in [0.29, 0.717) is 31.1 Å². The van der Waals surface area contributed by atoms with Crippen molar-refractivity contribution in [2.45, 2.75) is 39.0 Å². The third-order valence-corrected chi connectivity index (χ3v) is 5.82. The number of aromatic nitrogens is 2. The molecule has 1 N–H and O–H groups in total. The number of hydrogen-bond donors (Lipinski definition) is 1. The highest BCUT2D eigenvalue weighted by atomic mass is 32.1. The van der Waals surface area contributed by atoms with Gasteiger partial charge in [-0.15, -0.1) is 10.2 Å². The van der Waals surface area contributed by atoms with Gasteiger partial charge in [0.15, 0.2) is 0 Å². The molecule has 0 aliphatic carbocycles. The lowest BCUT2D eigenvalue weighted by atomic mass is 9.95. The van der Waals surface area contributed by atoms with Crippen molar-refractivity contribution in [3.63, 3.8) is 0 Å². The molecule has 2 aromatic rings. The van der Waals surface area contributed by atoms with E-state index in [1.54, 1.807) is 17.0 Å². The molecule has 144 valence electrons. The van der Waals surface area contributed by atoms with E-state index in [2.05, 4.69) is 15.5 Å². The molecular formula is C19H23FN4O2S. The van der Waals surface area contributed by atoms with Gasteiger partial charge in [-0.05, 0) is 25.0 Å². The molecule has 0 spiro atoms. The molecule has 1 aliphatic heterocycles. The van der Waals surface area contributed by atoms with E-state index < -0.39 is 5.82 Å². The van der Waals surface area contributed by atoms with Crippen LogP contribution in [0, 0.1) is 11.7 Å². The highest BCUT2D eigenvalue weighted by molar-refractivity contribution is 7.15. The molecule has 8 heteroatoms. The Kier molecular flexibility index (Phi) is 5.55. The number of carbonyl (C=O) groups excluding carboxylic acids is 2. The molecular weight excluding hydrogens is 367 g/mol. The number of piperidine rings is 1. The zero-order valence-corrected chi connectivity index (χ0v) is 16.5. The predicted molar refractivity (Wildman–Crippen MR) is 102 cm³/mol. The second-order valence-electron chi connectivity index (χ2n) is 7.70. The molecule has 1 aromatic carbocycles. The molecule has 27 heavy (non-hydrogen) atoms. The molecule has 0 atom stereocenters. The Labute approximate surface area is 161 Å². The van der Waals surface area contributed by atoms with Gasteiger partial charge in [0.2, 0.25) is 11.0 Å². The summed E-state index contributed by atoms with van der Waals surface area (Å²) in [5.41, 5.74) is -0.0389. The molecule has 1 aliphatic rings. The van der Waals surface area contributed by atoms with Gasteiger partial charge < -0.3 is 10.2 Å². The van der Waals surface area contributed by atoms with E-state index in [1.807, 2.05) is 20.8 Å². The average molecular weight is 390 g/mol. The maximum atomic E-state index is 13.8. The van der Waals surface area contributed by atoms with Gasteiger partial charge in [-0.2, -0.15) is 0 Å². The first kappa shape index (κ1) is 19.4. The van der Waals surface area contributed by atoms with Crippen LogP contribution in [0.3, 0.4) is 0 Å². The van der Waals surface area contributed by atoms with E-state index in [9.17, 15) is 14.0 Å². The molecule has 3 rings (SSSR count). The quantitative estimate of drug-likeness (QED) is 0.871. The van der Waals surface area contributed by atoms with Crippen molar-refractivity contribution in [1.82, 2.24) is 15.1 Å². The predicted octanol–water partition coefficient (Wildman–Crippen LogP) is 3.47. The van der Waals surface area contributed by atoms with Gasteiger partial charge in [0.05, 0.1) is 5.56 Å². The monoisotopic (exact) mass is 390 g/mol. The van der Waals surface area contributed by atoms with Crippen LogP contribution in [0.1, 0.15) is 49.0 Å². The maximum Gasteiger partial charge on any atom is 0.256 e. The van der Waals surface area contributed by atoms with Gasteiger partial charge in [-0.3, -0.25) is 9.59 Å². The van der Waals surface area contributed by atoms with E-state index in [-0.39, 0.29) is 28.7 Å². The largest absolute Gasteiger partial charge is 0.339 e. The normalized spacial score (nSPS) is 15.6. The molecule has 1 fully saturated rings. The number of amides is 2. The Balaban J connectivity index is 1.56. The second kappa shape index (κ2) is 7.72. The molecule has 2 heterocycles. The van der Waals surface area contributed by atoms with Gasteiger partial charge in [0.25, 0.3) is 5.91 Å². The van der Waals surface area contributed by atoms with E-state index in [0.717, 1.165) is 5.01 Å². The number of carbonyl (C=O) groups is 2. The Hall–Kier alpha value is -2.35. The Bertz CT molecular complexity index is 838. The Morgan fingerprint density at radius 3 is 2.44 bits per heavy atom. The van der Waals surface area contributed by atoms with Crippen LogP contribution in [-0.2, 0) is 10.2 Å². The number of nitrogens with one attached hydrogen (secondary N) is 1. The standard InChI is InChI=1S/C19H23FN4O2S/c1-19(2,3)17-22-23-18(27-17)21-15(25)12-8-10-24(11-9-12)16(26)13-6-4-5-7-14(13)20/h4-7,12H,8-11H2,1-3H3,(H,21,23,25). The highest BCUT2D eigenvalue weighted by Gasteiger charge is 2.29. The molecule has 2 amide bonds. The highest BCUT2D eigenvalue weighted by Crippen LogP contribution is 2.28. The molecule has 0 unspecified atom stereocenters. The van der Waals surface area contributed by atoms with Crippen LogP contribution in [-0.4, -0.2) is 40.0 Å². The summed E-state index contributed by atoms with van der Waals surface area (Å²) in [5.74, 6) is -1.15. The summed E-state index contributed by atoms with van der Waals surface area (Å²) >= 11 is 1.38. The van der Waals surface area contributed by atoms with Gasteiger partial charge in [0.1, 0.15) is 10.8 Å². The van der Waals surface area contributed by atoms with Crippen molar-refractivity contribution in [3.8, 4) is 0 Å². The van der Waals surface area contributed by atoms with E-state index in [1.165, 1.54) is 23.5 Å². The number of hydrogen-bond acceptors (Lipinski definition) is 5. The van der Waals surface area contributed by atoms with Crippen LogP contribution in [0.4, 0.5) is 9.52 Å². The van der Waals surface area contributed by atoms with Crippen LogP contribution >= 0.6 is 11.3 Å². The van der Waals surface area contributed by atoms with Gasteiger partial charge in [-0.1, -0.05) is 44.2 Å². The third-order valence-electron chi connectivity index (χ3n) is 4.55. The van der Waals surface area contributed by atoms with Gasteiger partial charge in [-0.25, -0.2) is 4.39 Å². The molecule has 1 saturated heterocycles. The van der Waals surface area contributed by atoms with Crippen molar-refractivity contribution in [2.75, 3.05) is 18.4 Å². The SMILES string of the molecule is CC(C)(C)c1nnc(NC(=O)C2CCN(C(=O)c3ccccc3F)CC2)s1. The zero-order valence-electron chi connectivity index (χ0n) is 15.7. The fourth-order valence-electron chi connectivity index (χ4n) is 2.93. The van der Waals surface area contributed by atoms with Crippen molar-refractivity contribution in [1.29, 1.82) is 0 Å². The van der Waals surface area contributed by atoms with Crippen LogP contribution in [0.5, 0.6) is 0 Å². The number of likely N-dealkylation sites (tertiary alicyclic amines) is 1. The molecule has 6 nitrogen and oxygen atoms in total. The summed E-state index contributed by atoms with van der Waals surface area (Å²) in [4.78, 5) is 26.5. The van der Waals surface area contributed by atoms with Crippen molar-refractivity contribution in [2.24, 2.45) is 5.92 Å². The Morgan fingerprint density at radius 2 is 1.85 bits per heavy atom. The summed E-state index contributed by atoms with van der Waals surface area (Å²) < 4.78 is 13.8. The minimum Gasteiger partial charge on any atom is -0.339 e. The lowest BCUT2D eigenvalue weighted by Gasteiger charge is -2.31. The lowest BCUT2D eigenvalue weighted by molar-refractivity contribution is -0.121.